The summed E-state index contributed by atoms with van der Waals surface area (Å²) < 4.78 is 25.9. The van der Waals surface area contributed by atoms with Crippen molar-refractivity contribution in [3.05, 3.63) is 6.92 Å². The molecule has 61 valence electrons. The molecule has 0 fully saturated rings. The molecular formula is C4H9FO4P. The van der Waals surface area contributed by atoms with Crippen molar-refractivity contribution in [2.45, 2.75) is 6.10 Å². The highest BCUT2D eigenvalue weighted by Gasteiger charge is 2.14. The van der Waals surface area contributed by atoms with Crippen molar-refractivity contribution in [2.24, 2.45) is 0 Å². The Kier molecular flexibility index (Phi) is 4.05. The van der Waals surface area contributed by atoms with Crippen LogP contribution in [-0.2, 0) is 9.30 Å². The van der Waals surface area contributed by atoms with Gasteiger partial charge in [-0.3, -0.25) is 4.57 Å². The third-order valence-corrected chi connectivity index (χ3v) is 1.14. The summed E-state index contributed by atoms with van der Waals surface area (Å²) in [7, 11) is -4.16. The van der Waals surface area contributed by atoms with Gasteiger partial charge in [0, 0.05) is 0 Å². The number of ether oxygens (including phenoxy) is 1. The third-order valence-electron chi connectivity index (χ3n) is 0.651. The number of halogens is 1. The summed E-state index contributed by atoms with van der Waals surface area (Å²) in [5.74, 6) is 0. The Balaban J connectivity index is 3.46. The van der Waals surface area contributed by atoms with Crippen LogP contribution in [0.15, 0.2) is 0 Å². The number of hydrogen-bond acceptors (Lipinski definition) is 2. The highest BCUT2D eigenvalue weighted by atomic mass is 31.2. The molecule has 1 atom stereocenters. The van der Waals surface area contributed by atoms with Gasteiger partial charge in [-0.25, -0.2) is 4.39 Å². The fourth-order valence-electron chi connectivity index (χ4n) is 0.247. The first-order chi connectivity index (χ1) is 4.45. The van der Waals surface area contributed by atoms with Crippen LogP contribution < -0.4 is 0 Å². The average Bonchev–Trinajstić information content (AvgIpc) is 1.81. The zero-order valence-electron chi connectivity index (χ0n) is 5.23. The lowest BCUT2D eigenvalue weighted by Gasteiger charge is -2.08. The molecule has 0 aliphatic carbocycles. The van der Waals surface area contributed by atoms with Gasteiger partial charge in [0.1, 0.15) is 13.0 Å². The van der Waals surface area contributed by atoms with E-state index >= 15 is 0 Å². The van der Waals surface area contributed by atoms with Gasteiger partial charge in [0.25, 0.3) is 0 Å². The predicted molar refractivity (Wildman–Crippen MR) is 33.1 cm³/mol. The summed E-state index contributed by atoms with van der Waals surface area (Å²) in [5.41, 5.74) is 0. The van der Waals surface area contributed by atoms with Crippen molar-refractivity contribution in [1.82, 2.24) is 0 Å². The van der Waals surface area contributed by atoms with Crippen LogP contribution in [0.2, 0.25) is 0 Å². The lowest BCUT2D eigenvalue weighted by molar-refractivity contribution is 0.0865. The van der Waals surface area contributed by atoms with E-state index in [2.05, 4.69) is 11.7 Å². The first-order valence-electron chi connectivity index (χ1n) is 2.51. The zero-order valence-corrected chi connectivity index (χ0v) is 6.13. The molecule has 0 aliphatic rings. The second-order valence-corrected chi connectivity index (χ2v) is 3.32. The monoisotopic (exact) mass is 171 g/mol. The quantitative estimate of drug-likeness (QED) is 0.597. The average molecular weight is 171 g/mol. The predicted octanol–water partition coefficient (Wildman–Crippen LogP) is 0.310. The first-order valence-corrected chi connectivity index (χ1v) is 4.30. The highest BCUT2D eigenvalue weighted by Crippen LogP contribution is 2.34. The molecule has 0 saturated heterocycles. The van der Waals surface area contributed by atoms with E-state index in [4.69, 9.17) is 9.79 Å². The molecule has 0 aromatic rings. The Morgan fingerprint density at radius 3 is 2.50 bits per heavy atom. The Labute approximate surface area is 58.2 Å². The van der Waals surface area contributed by atoms with Crippen LogP contribution in [0.4, 0.5) is 4.39 Å². The van der Waals surface area contributed by atoms with E-state index < -0.39 is 26.7 Å². The van der Waals surface area contributed by atoms with Gasteiger partial charge < -0.3 is 14.5 Å². The van der Waals surface area contributed by atoms with Crippen LogP contribution in [0.3, 0.4) is 0 Å². The molecule has 1 radical (unpaired) electrons. The molecule has 0 amide bonds. The molecule has 0 rings (SSSR count). The maximum absolute atomic E-state index is 11.5. The van der Waals surface area contributed by atoms with E-state index in [0.717, 1.165) is 0 Å². The summed E-state index contributed by atoms with van der Waals surface area (Å²) in [4.78, 5) is 16.4. The van der Waals surface area contributed by atoms with E-state index in [1.165, 1.54) is 0 Å². The maximum atomic E-state index is 11.5. The normalized spacial score (nSPS) is 15.2. The van der Waals surface area contributed by atoms with E-state index in [-0.39, 0.29) is 0 Å². The third kappa shape index (κ3) is 6.16. The lowest BCUT2D eigenvalue weighted by atomic mass is 10.5. The Hall–Kier alpha value is 0.0400. The molecule has 10 heavy (non-hydrogen) atoms. The van der Waals surface area contributed by atoms with Crippen LogP contribution in [0, 0.1) is 6.92 Å². The van der Waals surface area contributed by atoms with Crippen LogP contribution in [0.1, 0.15) is 0 Å². The Bertz CT molecular complexity index is 133. The number of alkyl halides is 1. The van der Waals surface area contributed by atoms with Gasteiger partial charge in [-0.05, 0) is 6.92 Å². The fourth-order valence-corrected chi connectivity index (χ4v) is 0.652. The molecular weight excluding hydrogens is 162 g/mol. The second-order valence-electron chi connectivity index (χ2n) is 1.74. The van der Waals surface area contributed by atoms with Crippen LogP contribution in [0.5, 0.6) is 0 Å². The van der Waals surface area contributed by atoms with E-state index in [1.54, 1.807) is 0 Å². The van der Waals surface area contributed by atoms with Crippen molar-refractivity contribution in [2.75, 3.05) is 13.0 Å². The van der Waals surface area contributed by atoms with E-state index in [0.29, 0.717) is 0 Å². The summed E-state index contributed by atoms with van der Waals surface area (Å²) in [5, 5.41) is 0. The molecule has 0 saturated carbocycles. The zero-order chi connectivity index (χ0) is 8.20. The van der Waals surface area contributed by atoms with Gasteiger partial charge in [-0.1, -0.05) is 0 Å². The minimum atomic E-state index is -4.16. The van der Waals surface area contributed by atoms with Gasteiger partial charge in [0.05, 0.1) is 6.10 Å². The standard InChI is InChI=1S/C4H9FO4P/c1-4(2-5)9-3-10(6,7)8/h4H,1-3H2,(H2,6,7,8)/t4-/m0/s1. The molecule has 0 bridgehead atoms. The minimum absolute atomic E-state index is 0.773. The van der Waals surface area contributed by atoms with Crippen molar-refractivity contribution in [3.63, 3.8) is 0 Å². The van der Waals surface area contributed by atoms with Crippen LogP contribution in [-0.4, -0.2) is 28.9 Å². The van der Waals surface area contributed by atoms with Gasteiger partial charge >= 0.3 is 7.60 Å². The fraction of sp³-hybridized carbons (Fsp3) is 0.750. The molecule has 6 heteroatoms. The van der Waals surface area contributed by atoms with Crippen molar-refractivity contribution in [1.29, 1.82) is 0 Å². The van der Waals surface area contributed by atoms with Crippen molar-refractivity contribution < 1.29 is 23.5 Å². The van der Waals surface area contributed by atoms with Gasteiger partial charge in [-0.15, -0.1) is 0 Å². The molecule has 2 N–H and O–H groups in total. The van der Waals surface area contributed by atoms with E-state index in [9.17, 15) is 8.96 Å². The van der Waals surface area contributed by atoms with Gasteiger partial charge in [0.2, 0.25) is 0 Å². The number of rotatable bonds is 4. The number of hydrogen-bond donors (Lipinski definition) is 2. The minimum Gasteiger partial charge on any atom is -0.363 e. The van der Waals surface area contributed by atoms with Crippen LogP contribution >= 0.6 is 7.60 Å². The summed E-state index contributed by atoms with van der Waals surface area (Å²) in [6, 6.07) is 0. The topological polar surface area (TPSA) is 66.8 Å². The largest absolute Gasteiger partial charge is 0.363 e. The highest BCUT2D eigenvalue weighted by molar-refractivity contribution is 7.51. The van der Waals surface area contributed by atoms with Crippen LogP contribution in [0.25, 0.3) is 0 Å². The van der Waals surface area contributed by atoms with E-state index in [1.807, 2.05) is 0 Å². The molecule has 0 spiro atoms. The summed E-state index contributed by atoms with van der Waals surface area (Å²) in [6.07, 6.45) is -1.77. The second kappa shape index (κ2) is 4.03. The lowest BCUT2D eigenvalue weighted by Crippen LogP contribution is -2.11. The summed E-state index contributed by atoms with van der Waals surface area (Å²) >= 11 is 0. The first kappa shape index (κ1) is 10.0. The van der Waals surface area contributed by atoms with Crippen molar-refractivity contribution >= 4 is 7.60 Å². The molecule has 4 nitrogen and oxygen atoms in total. The molecule has 0 heterocycles. The Morgan fingerprint density at radius 1 is 1.70 bits per heavy atom. The molecule has 0 aromatic heterocycles. The Morgan fingerprint density at radius 2 is 2.20 bits per heavy atom. The smallest absolute Gasteiger partial charge is 0.350 e. The van der Waals surface area contributed by atoms with Crippen molar-refractivity contribution in [3.8, 4) is 0 Å². The van der Waals surface area contributed by atoms with Gasteiger partial charge in [0.15, 0.2) is 0 Å². The SMILES string of the molecule is [CH2][C@@H](CF)OCP(=O)(O)O. The maximum Gasteiger partial charge on any atom is 0.350 e. The molecule has 0 aromatic carbocycles. The van der Waals surface area contributed by atoms with Gasteiger partial charge in [-0.2, -0.15) is 0 Å². The molecule has 0 aliphatic heterocycles. The molecule has 0 unspecified atom stereocenters. The summed E-state index contributed by atoms with van der Waals surface area (Å²) in [6.45, 7) is 2.27.